The van der Waals surface area contributed by atoms with E-state index in [1.165, 1.54) is 10.4 Å². The molecule has 0 fully saturated rings. The Bertz CT molecular complexity index is 1480. The predicted molar refractivity (Wildman–Crippen MR) is 179 cm³/mol. The number of ether oxygens (including phenoxy) is 1. The summed E-state index contributed by atoms with van der Waals surface area (Å²) in [6, 6.07) is 29.0. The van der Waals surface area contributed by atoms with Gasteiger partial charge in [0.05, 0.1) is 5.69 Å². The Hall–Kier alpha value is -4.01. The first-order chi connectivity index (χ1) is 20.8. The summed E-state index contributed by atoms with van der Waals surface area (Å²) in [5, 5.41) is 5.41. The summed E-state index contributed by atoms with van der Waals surface area (Å²) in [6.45, 7) is 12.8. The monoisotopic (exact) mass is 611 g/mol. The fourth-order valence-electron chi connectivity index (χ4n) is 5.64. The molecule has 1 N–H and O–H groups in total. The number of aldehydes is 1. The second kappa shape index (κ2) is 13.7. The highest BCUT2D eigenvalue weighted by molar-refractivity contribution is 6.99. The van der Waals surface area contributed by atoms with Crippen LogP contribution in [0, 0.1) is 0 Å². The number of aromatic nitrogens is 2. The summed E-state index contributed by atoms with van der Waals surface area (Å²) in [5.74, 6) is 0.381. The minimum absolute atomic E-state index is 0.144. The maximum Gasteiger partial charge on any atom is 0.407 e. The normalized spacial score (nSPS) is 12.9. The van der Waals surface area contributed by atoms with Crippen LogP contribution in [0.5, 0.6) is 0 Å². The molecule has 7 nitrogen and oxygen atoms in total. The molecule has 4 rings (SSSR count). The van der Waals surface area contributed by atoms with E-state index in [0.717, 1.165) is 23.1 Å². The van der Waals surface area contributed by atoms with E-state index in [2.05, 4.69) is 79.6 Å². The molecule has 3 aromatic carbocycles. The molecule has 1 heterocycles. The van der Waals surface area contributed by atoms with Crippen LogP contribution in [-0.2, 0) is 22.6 Å². The smallest absolute Gasteiger partial charge is 0.407 e. The molecule has 1 aromatic heterocycles. The Morgan fingerprint density at radius 1 is 0.909 bits per heavy atom. The number of nitrogens with zero attached hydrogens (tertiary/aromatic N) is 2. The van der Waals surface area contributed by atoms with E-state index in [1.807, 2.05) is 63.4 Å². The number of aryl methyl sites for hydroxylation is 1. The third kappa shape index (κ3) is 7.92. The molecule has 0 aliphatic heterocycles. The van der Waals surface area contributed by atoms with Crippen LogP contribution in [0.3, 0.4) is 0 Å². The highest BCUT2D eigenvalue weighted by Gasteiger charge is 2.50. The van der Waals surface area contributed by atoms with Gasteiger partial charge in [0.15, 0.2) is 12.1 Å². The average Bonchev–Trinajstić information content (AvgIpc) is 3.35. The number of nitrogens with one attached hydrogen (secondary N) is 1. The molecule has 0 radical (unpaired) electrons. The van der Waals surface area contributed by atoms with Gasteiger partial charge in [-0.05, 0) is 54.6 Å². The summed E-state index contributed by atoms with van der Waals surface area (Å²) in [5.41, 5.74) is 2.12. The molecule has 0 aliphatic rings. The summed E-state index contributed by atoms with van der Waals surface area (Å²) in [6.07, 6.45) is 3.35. The van der Waals surface area contributed by atoms with Crippen molar-refractivity contribution in [2.24, 2.45) is 7.05 Å². The summed E-state index contributed by atoms with van der Waals surface area (Å²) in [7, 11) is -0.913. The van der Waals surface area contributed by atoms with Gasteiger partial charge in [0.2, 0.25) is 0 Å². The lowest BCUT2D eigenvalue weighted by atomic mass is 10.0. The van der Waals surface area contributed by atoms with E-state index >= 15 is 0 Å². The van der Waals surface area contributed by atoms with Gasteiger partial charge in [-0.15, -0.1) is 0 Å². The lowest BCUT2D eigenvalue weighted by molar-refractivity contribution is 0.0497. The van der Waals surface area contributed by atoms with Gasteiger partial charge in [-0.1, -0.05) is 106 Å². The van der Waals surface area contributed by atoms with Crippen LogP contribution in [0.2, 0.25) is 5.04 Å². The van der Waals surface area contributed by atoms with E-state index in [1.54, 1.807) is 11.6 Å². The van der Waals surface area contributed by atoms with Crippen molar-refractivity contribution in [2.75, 3.05) is 6.61 Å². The van der Waals surface area contributed by atoms with Crippen LogP contribution in [0.15, 0.2) is 91.1 Å². The fraction of sp³-hybridized carbons (Fsp3) is 0.361. The van der Waals surface area contributed by atoms with Gasteiger partial charge in [-0.25, -0.2) is 9.78 Å². The molecule has 0 bridgehead atoms. The van der Waals surface area contributed by atoms with Crippen LogP contribution in [0.25, 0.3) is 11.3 Å². The maximum absolute atomic E-state index is 12.9. The molecule has 0 aliphatic carbocycles. The van der Waals surface area contributed by atoms with Crippen LogP contribution in [-0.4, -0.2) is 48.5 Å². The zero-order valence-corrected chi connectivity index (χ0v) is 28.0. The Morgan fingerprint density at radius 2 is 1.48 bits per heavy atom. The highest BCUT2D eigenvalue weighted by atomic mass is 28.4. The molecule has 0 unspecified atom stereocenters. The standard InChI is InChI=1S/C36H45N3O4Si/c1-35(2,3)43-34(41)37-29(24-27-18-20-28(21-19-27)32-25-39(7)33(26-40)38-32)22-23-42-44(36(4,5)6,30-14-10-8-11-15-30)31-16-12-9-13-17-31/h8-21,25-26,29H,22-24H2,1-7H3,(H,37,41)/t29-/m1/s1. The van der Waals surface area contributed by atoms with E-state index in [4.69, 9.17) is 9.16 Å². The molecule has 44 heavy (non-hydrogen) atoms. The molecular formula is C36H45N3O4Si. The van der Waals surface area contributed by atoms with Crippen molar-refractivity contribution in [3.8, 4) is 11.3 Å². The van der Waals surface area contributed by atoms with E-state index < -0.39 is 20.0 Å². The van der Waals surface area contributed by atoms with Gasteiger partial charge in [-0.3, -0.25) is 4.79 Å². The SMILES string of the molecule is Cn1cc(-c2ccc(C[C@@H](CCO[Si](c3ccccc3)(c3ccccc3)C(C)(C)C)NC(=O)OC(C)(C)C)cc2)nc1C=O. The zero-order valence-electron chi connectivity index (χ0n) is 27.0. The van der Waals surface area contributed by atoms with Crippen LogP contribution in [0.1, 0.15) is 64.1 Å². The van der Waals surface area contributed by atoms with Crippen molar-refractivity contribution < 1.29 is 18.8 Å². The van der Waals surface area contributed by atoms with Crippen molar-refractivity contribution in [1.82, 2.24) is 14.9 Å². The van der Waals surface area contributed by atoms with Gasteiger partial charge in [-0.2, -0.15) is 0 Å². The van der Waals surface area contributed by atoms with E-state index in [0.29, 0.717) is 25.3 Å². The number of amides is 1. The second-order valence-electron chi connectivity index (χ2n) is 13.3. The number of benzene rings is 3. The van der Waals surface area contributed by atoms with Crippen molar-refractivity contribution >= 4 is 31.1 Å². The minimum atomic E-state index is -2.71. The predicted octanol–water partition coefficient (Wildman–Crippen LogP) is 6.30. The lowest BCUT2D eigenvalue weighted by Crippen LogP contribution is -2.66. The number of hydrogen-bond acceptors (Lipinski definition) is 5. The Kier molecular flexibility index (Phi) is 10.3. The minimum Gasteiger partial charge on any atom is -0.444 e. The maximum atomic E-state index is 12.9. The summed E-state index contributed by atoms with van der Waals surface area (Å²) >= 11 is 0. The summed E-state index contributed by atoms with van der Waals surface area (Å²) in [4.78, 5) is 28.6. The van der Waals surface area contributed by atoms with Crippen LogP contribution in [0.4, 0.5) is 4.79 Å². The van der Waals surface area contributed by atoms with Crippen molar-refractivity contribution in [3.63, 3.8) is 0 Å². The van der Waals surface area contributed by atoms with Crippen molar-refractivity contribution in [3.05, 3.63) is 103 Å². The molecule has 0 spiro atoms. The number of alkyl carbamates (subject to hydrolysis) is 1. The largest absolute Gasteiger partial charge is 0.444 e. The third-order valence-electron chi connectivity index (χ3n) is 7.67. The quantitative estimate of drug-likeness (QED) is 0.159. The van der Waals surface area contributed by atoms with Gasteiger partial charge in [0.1, 0.15) is 5.60 Å². The number of carbonyl (C=O) groups is 2. The number of hydrogen-bond donors (Lipinski definition) is 1. The van der Waals surface area contributed by atoms with Gasteiger partial charge in [0, 0.05) is 31.5 Å². The van der Waals surface area contributed by atoms with Gasteiger partial charge < -0.3 is 19.0 Å². The average molecular weight is 612 g/mol. The Morgan fingerprint density at radius 3 is 1.95 bits per heavy atom. The number of carbonyl (C=O) groups excluding carboxylic acids is 2. The lowest BCUT2D eigenvalue weighted by Gasteiger charge is -2.43. The van der Waals surface area contributed by atoms with Crippen LogP contribution >= 0.6 is 0 Å². The molecule has 0 saturated heterocycles. The molecule has 1 amide bonds. The molecule has 4 aromatic rings. The fourth-order valence-corrected chi connectivity index (χ4v) is 10.2. The number of rotatable bonds is 11. The molecule has 0 saturated carbocycles. The summed E-state index contributed by atoms with van der Waals surface area (Å²) < 4.78 is 14.5. The third-order valence-corrected chi connectivity index (χ3v) is 12.7. The zero-order chi connectivity index (χ0) is 32.0. The van der Waals surface area contributed by atoms with Gasteiger partial charge in [0.25, 0.3) is 8.32 Å². The van der Waals surface area contributed by atoms with Crippen LogP contribution < -0.4 is 15.7 Å². The first kappa shape index (κ1) is 32.9. The Balaban J connectivity index is 1.58. The van der Waals surface area contributed by atoms with E-state index in [-0.39, 0.29) is 11.1 Å². The Labute approximate surface area is 262 Å². The first-order valence-electron chi connectivity index (χ1n) is 15.1. The van der Waals surface area contributed by atoms with Crippen molar-refractivity contribution in [1.29, 1.82) is 0 Å². The number of imidazole rings is 1. The van der Waals surface area contributed by atoms with Gasteiger partial charge >= 0.3 is 6.09 Å². The highest BCUT2D eigenvalue weighted by Crippen LogP contribution is 2.37. The first-order valence-corrected chi connectivity index (χ1v) is 17.1. The molecular weight excluding hydrogens is 566 g/mol. The van der Waals surface area contributed by atoms with Crippen molar-refractivity contribution in [2.45, 2.75) is 71.1 Å². The molecule has 232 valence electrons. The topological polar surface area (TPSA) is 82.4 Å². The van der Waals surface area contributed by atoms with E-state index in [9.17, 15) is 9.59 Å². The second-order valence-corrected chi connectivity index (χ2v) is 17.6. The molecule has 8 heteroatoms. The molecule has 1 atom stereocenters.